The van der Waals surface area contributed by atoms with Crippen LogP contribution in [0.15, 0.2) is 46.7 Å². The molecule has 0 bridgehead atoms. The summed E-state index contributed by atoms with van der Waals surface area (Å²) in [6, 6.07) is 12.7. The molecular weight excluding hydrogens is 358 g/mol. The maximum Gasteiger partial charge on any atom is 0.250 e. The lowest BCUT2D eigenvalue weighted by molar-refractivity contribution is -0.0663. The van der Waals surface area contributed by atoms with Crippen LogP contribution >= 0.6 is 11.3 Å². The van der Waals surface area contributed by atoms with Crippen molar-refractivity contribution in [3.05, 3.63) is 52.9 Å². The van der Waals surface area contributed by atoms with Crippen LogP contribution in [-0.2, 0) is 20.4 Å². The summed E-state index contributed by atoms with van der Waals surface area (Å²) in [5.74, 6) is -0.0589. The summed E-state index contributed by atoms with van der Waals surface area (Å²) in [5.41, 5.74) is -0.531. The fraction of sp³-hybridized carbons (Fsp3) is 0.444. The van der Waals surface area contributed by atoms with Gasteiger partial charge in [0, 0.05) is 24.6 Å². The number of benzene rings is 1. The van der Waals surface area contributed by atoms with Crippen LogP contribution in [0.25, 0.3) is 0 Å². The summed E-state index contributed by atoms with van der Waals surface area (Å²) < 4.78 is 33.4. The quantitative estimate of drug-likeness (QED) is 0.807. The van der Waals surface area contributed by atoms with Gasteiger partial charge in [0.2, 0.25) is 10.0 Å². The Balaban J connectivity index is 1.85. The Morgan fingerprint density at radius 2 is 1.88 bits per heavy atom. The average molecular weight is 382 g/mol. The van der Waals surface area contributed by atoms with E-state index >= 15 is 0 Å². The summed E-state index contributed by atoms with van der Waals surface area (Å²) in [4.78, 5) is 0.933. The highest BCUT2D eigenvalue weighted by molar-refractivity contribution is 7.91. The molecule has 1 aliphatic rings. The zero-order valence-corrected chi connectivity index (χ0v) is 15.8. The molecule has 25 heavy (non-hydrogen) atoms. The molecule has 1 aliphatic heterocycles. The van der Waals surface area contributed by atoms with E-state index in [1.165, 1.54) is 11.3 Å². The molecule has 3 rings (SSSR count). The predicted octanol–water partition coefficient (Wildman–Crippen LogP) is 2.65. The first-order valence-corrected chi connectivity index (χ1v) is 10.6. The van der Waals surface area contributed by atoms with Crippen LogP contribution in [0.1, 0.15) is 23.3 Å². The lowest BCUT2D eigenvalue weighted by atomic mass is 9.77. The van der Waals surface area contributed by atoms with Crippen LogP contribution in [0, 0.1) is 12.8 Å². The minimum absolute atomic E-state index is 0.0546. The fourth-order valence-electron chi connectivity index (χ4n) is 3.22. The molecule has 2 aromatic rings. The Morgan fingerprint density at radius 1 is 1.20 bits per heavy atom. The molecule has 1 aromatic heterocycles. The first kappa shape index (κ1) is 18.5. The maximum absolute atomic E-state index is 12.6. The van der Waals surface area contributed by atoms with E-state index in [1.807, 2.05) is 37.3 Å². The molecule has 2 heterocycles. The van der Waals surface area contributed by atoms with Gasteiger partial charge in [-0.25, -0.2) is 13.1 Å². The first-order chi connectivity index (χ1) is 11.9. The molecule has 1 aromatic carbocycles. The van der Waals surface area contributed by atoms with Crippen molar-refractivity contribution in [3.63, 3.8) is 0 Å². The Bertz CT molecular complexity index is 797. The molecule has 5 nitrogen and oxygen atoms in total. The summed E-state index contributed by atoms with van der Waals surface area (Å²) in [5, 5.41) is 11.4. The molecule has 0 saturated carbocycles. The number of hydrogen-bond donors (Lipinski definition) is 2. The van der Waals surface area contributed by atoms with Crippen molar-refractivity contribution in [2.75, 3.05) is 19.8 Å². The van der Waals surface area contributed by atoms with Crippen LogP contribution in [0.4, 0.5) is 0 Å². The van der Waals surface area contributed by atoms with E-state index in [-0.39, 0.29) is 16.7 Å². The van der Waals surface area contributed by atoms with Crippen molar-refractivity contribution in [2.24, 2.45) is 5.92 Å². The summed E-state index contributed by atoms with van der Waals surface area (Å²) >= 11 is 1.22. The SMILES string of the molecule is Cc1ccc(S(=O)(=O)NC[C@@](O)(c2ccccc2)C2CCOCC2)s1. The molecule has 1 fully saturated rings. The van der Waals surface area contributed by atoms with Gasteiger partial charge in [0.15, 0.2) is 0 Å². The minimum atomic E-state index is -3.64. The van der Waals surface area contributed by atoms with E-state index in [9.17, 15) is 13.5 Å². The van der Waals surface area contributed by atoms with Gasteiger partial charge in [-0.05, 0) is 43.4 Å². The van der Waals surface area contributed by atoms with Gasteiger partial charge in [0.1, 0.15) is 9.81 Å². The highest BCUT2D eigenvalue weighted by Gasteiger charge is 2.40. The van der Waals surface area contributed by atoms with Crippen molar-refractivity contribution in [1.82, 2.24) is 4.72 Å². The Hall–Kier alpha value is -1.25. The van der Waals surface area contributed by atoms with E-state index in [0.29, 0.717) is 26.1 Å². The number of sulfonamides is 1. The summed E-state index contributed by atoms with van der Waals surface area (Å²) in [6.07, 6.45) is 1.40. The Morgan fingerprint density at radius 3 is 2.48 bits per heavy atom. The first-order valence-electron chi connectivity index (χ1n) is 8.33. The molecule has 1 atom stereocenters. The number of hydrogen-bond acceptors (Lipinski definition) is 5. The minimum Gasteiger partial charge on any atom is -0.383 e. The monoisotopic (exact) mass is 381 g/mol. The van der Waals surface area contributed by atoms with Crippen molar-refractivity contribution in [1.29, 1.82) is 0 Å². The number of thiophene rings is 1. The van der Waals surface area contributed by atoms with Crippen LogP contribution in [0.2, 0.25) is 0 Å². The van der Waals surface area contributed by atoms with Crippen molar-refractivity contribution in [2.45, 2.75) is 29.6 Å². The van der Waals surface area contributed by atoms with Crippen LogP contribution < -0.4 is 4.72 Å². The second kappa shape index (κ2) is 7.55. The second-order valence-electron chi connectivity index (χ2n) is 6.37. The van der Waals surface area contributed by atoms with Crippen LogP contribution in [-0.4, -0.2) is 33.3 Å². The predicted molar refractivity (Wildman–Crippen MR) is 98.1 cm³/mol. The van der Waals surface area contributed by atoms with Gasteiger partial charge in [-0.3, -0.25) is 0 Å². The molecule has 136 valence electrons. The highest BCUT2D eigenvalue weighted by atomic mass is 32.2. The lowest BCUT2D eigenvalue weighted by Gasteiger charge is -2.39. The molecule has 0 amide bonds. The molecule has 1 saturated heterocycles. The third kappa shape index (κ3) is 4.12. The molecule has 0 unspecified atom stereocenters. The van der Waals surface area contributed by atoms with Gasteiger partial charge in [-0.15, -0.1) is 11.3 Å². The number of nitrogens with one attached hydrogen (secondary N) is 1. The van der Waals surface area contributed by atoms with Gasteiger partial charge in [-0.1, -0.05) is 30.3 Å². The van der Waals surface area contributed by atoms with Gasteiger partial charge in [-0.2, -0.15) is 0 Å². The smallest absolute Gasteiger partial charge is 0.250 e. The zero-order valence-electron chi connectivity index (χ0n) is 14.1. The molecule has 0 aliphatic carbocycles. The van der Waals surface area contributed by atoms with Crippen molar-refractivity contribution >= 4 is 21.4 Å². The standard InChI is InChI=1S/C18H23NO4S2/c1-14-7-8-17(24-14)25(21,22)19-13-18(20,15-5-3-2-4-6-15)16-9-11-23-12-10-16/h2-8,16,19-20H,9-13H2,1H3/t18-/m1/s1. The van der Waals surface area contributed by atoms with E-state index in [2.05, 4.69) is 4.72 Å². The zero-order chi connectivity index (χ0) is 17.9. The van der Waals surface area contributed by atoms with E-state index in [0.717, 1.165) is 10.4 Å². The average Bonchev–Trinajstić information content (AvgIpc) is 3.09. The molecular formula is C18H23NO4S2. The second-order valence-corrected chi connectivity index (χ2v) is 9.65. The largest absolute Gasteiger partial charge is 0.383 e. The van der Waals surface area contributed by atoms with Crippen LogP contribution in [0.5, 0.6) is 0 Å². The van der Waals surface area contributed by atoms with Crippen molar-refractivity contribution < 1.29 is 18.3 Å². The van der Waals surface area contributed by atoms with E-state index < -0.39 is 15.6 Å². The molecule has 2 N–H and O–H groups in total. The lowest BCUT2D eigenvalue weighted by Crippen LogP contribution is -2.47. The van der Waals surface area contributed by atoms with Gasteiger partial charge in [0.25, 0.3) is 0 Å². The van der Waals surface area contributed by atoms with Gasteiger partial charge >= 0.3 is 0 Å². The maximum atomic E-state index is 12.6. The number of ether oxygens (including phenoxy) is 1. The van der Waals surface area contributed by atoms with E-state index in [4.69, 9.17) is 4.74 Å². The normalized spacial score (nSPS) is 18.8. The van der Waals surface area contributed by atoms with E-state index in [1.54, 1.807) is 12.1 Å². The molecule has 0 radical (unpaired) electrons. The third-order valence-corrected chi connectivity index (χ3v) is 7.58. The third-order valence-electron chi connectivity index (χ3n) is 4.68. The van der Waals surface area contributed by atoms with Crippen molar-refractivity contribution in [3.8, 4) is 0 Å². The molecule has 7 heteroatoms. The Labute approximate surface area is 152 Å². The summed E-state index contributed by atoms with van der Waals surface area (Å²) in [6.45, 7) is 2.97. The fourth-order valence-corrected chi connectivity index (χ4v) is 5.62. The number of aryl methyl sites for hydroxylation is 1. The number of aliphatic hydroxyl groups is 1. The molecule has 0 spiro atoms. The highest BCUT2D eigenvalue weighted by Crippen LogP contribution is 2.36. The number of rotatable bonds is 6. The topological polar surface area (TPSA) is 75.6 Å². The Kier molecular flexibility index (Phi) is 5.60. The van der Waals surface area contributed by atoms with Gasteiger partial charge < -0.3 is 9.84 Å². The summed E-state index contributed by atoms with van der Waals surface area (Å²) in [7, 11) is -3.64. The van der Waals surface area contributed by atoms with Gasteiger partial charge in [0.05, 0.1) is 0 Å². The van der Waals surface area contributed by atoms with Crippen LogP contribution in [0.3, 0.4) is 0 Å².